The molecule has 1 aliphatic heterocycles. The Morgan fingerprint density at radius 3 is 3.17 bits per heavy atom. The van der Waals surface area contributed by atoms with Crippen LogP contribution in [0.5, 0.6) is 0 Å². The van der Waals surface area contributed by atoms with Gasteiger partial charge in [-0.1, -0.05) is 30.0 Å². The second-order valence-corrected chi connectivity index (χ2v) is 4.53. The minimum Gasteiger partial charge on any atom is -0.303 e. The van der Waals surface area contributed by atoms with Crippen molar-refractivity contribution < 1.29 is 4.79 Å². The summed E-state index contributed by atoms with van der Waals surface area (Å²) in [4.78, 5) is 10.9. The summed E-state index contributed by atoms with van der Waals surface area (Å²) in [5.41, 5.74) is 1.82. The molecule has 0 radical (unpaired) electrons. The van der Waals surface area contributed by atoms with E-state index in [0.717, 1.165) is 11.1 Å². The molecule has 1 aromatic carbocycles. The summed E-state index contributed by atoms with van der Waals surface area (Å²) in [6, 6.07) is 9.61. The Kier molecular flexibility index (Phi) is 4.10. The zero-order valence-corrected chi connectivity index (χ0v) is 10.3. The van der Waals surface area contributed by atoms with Crippen molar-refractivity contribution in [1.82, 2.24) is 5.32 Å². The van der Waals surface area contributed by atoms with Gasteiger partial charge >= 0.3 is 0 Å². The first-order valence-electron chi connectivity index (χ1n) is 5.27. The molecule has 0 spiro atoms. The summed E-state index contributed by atoms with van der Waals surface area (Å²) < 4.78 is 0. The van der Waals surface area contributed by atoms with E-state index in [1.807, 2.05) is 24.3 Å². The normalized spacial score (nSPS) is 17.1. The summed E-state index contributed by atoms with van der Waals surface area (Å²) in [5, 5.41) is 19.5. The number of amidine groups is 1. The van der Waals surface area contributed by atoms with Gasteiger partial charge in [0, 0.05) is 0 Å². The van der Waals surface area contributed by atoms with Gasteiger partial charge in [0.1, 0.15) is 0 Å². The minimum atomic E-state index is -0.0510. The third kappa shape index (κ3) is 3.43. The lowest BCUT2D eigenvalue weighted by atomic mass is 10.1. The zero-order chi connectivity index (χ0) is 12.8. The molecule has 18 heavy (non-hydrogen) atoms. The SMILES string of the molecule is N#CCc1cccc(C=NN=C2NC(=O)CS2)c1. The van der Waals surface area contributed by atoms with E-state index in [4.69, 9.17) is 5.26 Å². The van der Waals surface area contributed by atoms with E-state index >= 15 is 0 Å². The lowest BCUT2D eigenvalue weighted by molar-refractivity contribution is -0.116. The number of nitrogens with one attached hydrogen (secondary N) is 1. The first-order chi connectivity index (χ1) is 8.78. The summed E-state index contributed by atoms with van der Waals surface area (Å²) in [6.07, 6.45) is 1.97. The molecule has 6 heteroatoms. The molecule has 1 heterocycles. The Bertz CT molecular complexity index is 559. The monoisotopic (exact) mass is 258 g/mol. The van der Waals surface area contributed by atoms with E-state index in [-0.39, 0.29) is 5.91 Å². The first-order valence-corrected chi connectivity index (χ1v) is 6.26. The smallest absolute Gasteiger partial charge is 0.236 e. The average Bonchev–Trinajstić information content (AvgIpc) is 2.76. The highest BCUT2D eigenvalue weighted by atomic mass is 32.2. The lowest BCUT2D eigenvalue weighted by Crippen LogP contribution is -2.19. The Balaban J connectivity index is 2.03. The van der Waals surface area contributed by atoms with Crippen LogP contribution in [0.25, 0.3) is 0 Å². The van der Waals surface area contributed by atoms with Crippen molar-refractivity contribution in [2.75, 3.05) is 5.75 Å². The van der Waals surface area contributed by atoms with Crippen LogP contribution in [-0.4, -0.2) is 23.0 Å². The minimum absolute atomic E-state index is 0.0510. The average molecular weight is 258 g/mol. The Morgan fingerprint density at radius 1 is 1.56 bits per heavy atom. The van der Waals surface area contributed by atoms with Crippen LogP contribution in [-0.2, 0) is 11.2 Å². The van der Waals surface area contributed by atoms with E-state index in [1.54, 1.807) is 6.21 Å². The van der Waals surface area contributed by atoms with Gasteiger partial charge in [0.05, 0.1) is 24.5 Å². The number of carbonyl (C=O) groups is 1. The number of nitrogens with zero attached hydrogens (tertiary/aromatic N) is 3. The highest BCUT2D eigenvalue weighted by Crippen LogP contribution is 2.09. The van der Waals surface area contributed by atoms with Crippen LogP contribution in [0.2, 0.25) is 0 Å². The molecular formula is C12H10N4OS. The van der Waals surface area contributed by atoms with E-state index in [1.165, 1.54) is 11.8 Å². The molecule has 2 rings (SSSR count). The second-order valence-electron chi connectivity index (χ2n) is 3.57. The number of nitriles is 1. The summed E-state index contributed by atoms with van der Waals surface area (Å²) in [6.45, 7) is 0. The van der Waals surface area contributed by atoms with Crippen LogP contribution in [0.15, 0.2) is 34.5 Å². The van der Waals surface area contributed by atoms with Gasteiger partial charge in [0.25, 0.3) is 0 Å². The molecule has 1 aromatic rings. The predicted molar refractivity (Wildman–Crippen MR) is 71.4 cm³/mol. The number of hydrogen-bond donors (Lipinski definition) is 1. The third-order valence-electron chi connectivity index (χ3n) is 2.18. The van der Waals surface area contributed by atoms with Crippen molar-refractivity contribution in [3.63, 3.8) is 0 Å². The summed E-state index contributed by atoms with van der Waals surface area (Å²) in [7, 11) is 0. The van der Waals surface area contributed by atoms with Crippen LogP contribution in [0.1, 0.15) is 11.1 Å². The van der Waals surface area contributed by atoms with E-state index in [9.17, 15) is 4.79 Å². The van der Waals surface area contributed by atoms with Gasteiger partial charge < -0.3 is 5.32 Å². The third-order valence-corrected chi connectivity index (χ3v) is 3.04. The van der Waals surface area contributed by atoms with E-state index < -0.39 is 0 Å². The Morgan fingerprint density at radius 2 is 2.44 bits per heavy atom. The maximum Gasteiger partial charge on any atom is 0.236 e. The Labute approximate surface area is 109 Å². The molecule has 90 valence electrons. The quantitative estimate of drug-likeness (QED) is 0.655. The van der Waals surface area contributed by atoms with Crippen molar-refractivity contribution >= 4 is 29.1 Å². The van der Waals surface area contributed by atoms with Gasteiger partial charge in [-0.3, -0.25) is 4.79 Å². The van der Waals surface area contributed by atoms with Crippen molar-refractivity contribution in [3.8, 4) is 6.07 Å². The fraction of sp³-hybridized carbons (Fsp3) is 0.167. The maximum atomic E-state index is 10.9. The molecular weight excluding hydrogens is 248 g/mol. The van der Waals surface area contributed by atoms with E-state index in [2.05, 4.69) is 21.6 Å². The zero-order valence-electron chi connectivity index (χ0n) is 9.46. The molecule has 5 nitrogen and oxygen atoms in total. The predicted octanol–water partition coefficient (Wildman–Crippen LogP) is 1.31. The van der Waals surface area contributed by atoms with Gasteiger partial charge in [-0.2, -0.15) is 10.4 Å². The number of carbonyl (C=O) groups excluding carboxylic acids is 1. The molecule has 1 saturated heterocycles. The molecule has 1 N–H and O–H groups in total. The number of amides is 1. The van der Waals surface area contributed by atoms with Crippen LogP contribution < -0.4 is 5.32 Å². The molecule has 1 amide bonds. The summed E-state index contributed by atoms with van der Waals surface area (Å²) >= 11 is 1.33. The topological polar surface area (TPSA) is 77.6 Å². The molecule has 0 bridgehead atoms. The van der Waals surface area contributed by atoms with Crippen molar-refractivity contribution in [3.05, 3.63) is 35.4 Å². The van der Waals surface area contributed by atoms with Gasteiger partial charge in [-0.15, -0.1) is 5.10 Å². The van der Waals surface area contributed by atoms with Crippen molar-refractivity contribution in [2.24, 2.45) is 10.2 Å². The lowest BCUT2D eigenvalue weighted by Gasteiger charge is -1.95. The molecule has 0 unspecified atom stereocenters. The number of benzene rings is 1. The molecule has 0 aromatic heterocycles. The number of rotatable bonds is 3. The molecule has 1 fully saturated rings. The van der Waals surface area contributed by atoms with Gasteiger partial charge in [0.15, 0.2) is 5.17 Å². The first kappa shape index (κ1) is 12.3. The Hall–Kier alpha value is -2.13. The van der Waals surface area contributed by atoms with Crippen LogP contribution in [0.3, 0.4) is 0 Å². The second kappa shape index (κ2) is 5.98. The van der Waals surface area contributed by atoms with Gasteiger partial charge in [-0.05, 0) is 17.2 Å². The fourth-order valence-electron chi connectivity index (χ4n) is 1.40. The van der Waals surface area contributed by atoms with Crippen LogP contribution >= 0.6 is 11.8 Å². The fourth-order valence-corrected chi connectivity index (χ4v) is 2.03. The van der Waals surface area contributed by atoms with Gasteiger partial charge in [-0.25, -0.2) is 0 Å². The standard InChI is InChI=1S/C12H10N4OS/c13-5-4-9-2-1-3-10(6-9)7-14-16-12-15-11(17)8-18-12/h1-3,6-7H,4,8H2,(H,15,16,17). The van der Waals surface area contributed by atoms with Crippen molar-refractivity contribution in [1.29, 1.82) is 5.26 Å². The highest BCUT2D eigenvalue weighted by Gasteiger charge is 2.15. The largest absolute Gasteiger partial charge is 0.303 e. The van der Waals surface area contributed by atoms with Crippen molar-refractivity contribution in [2.45, 2.75) is 6.42 Å². The molecule has 0 aliphatic carbocycles. The van der Waals surface area contributed by atoms with Crippen LogP contribution in [0.4, 0.5) is 0 Å². The highest BCUT2D eigenvalue weighted by molar-refractivity contribution is 8.15. The molecule has 0 saturated carbocycles. The molecule has 0 atom stereocenters. The number of thioether (sulfide) groups is 1. The van der Waals surface area contributed by atoms with Crippen LogP contribution in [0, 0.1) is 11.3 Å². The number of hydrogen-bond acceptors (Lipinski definition) is 5. The van der Waals surface area contributed by atoms with Gasteiger partial charge in [0.2, 0.25) is 5.91 Å². The van der Waals surface area contributed by atoms with E-state index in [0.29, 0.717) is 17.3 Å². The maximum absolute atomic E-state index is 10.9. The molecule has 1 aliphatic rings. The summed E-state index contributed by atoms with van der Waals surface area (Å²) in [5.74, 6) is 0.344.